The molecule has 1 amide bonds. The number of benzene rings is 1. The van der Waals surface area contributed by atoms with Crippen molar-refractivity contribution < 1.29 is 9.53 Å². The van der Waals surface area contributed by atoms with E-state index in [9.17, 15) is 4.79 Å². The van der Waals surface area contributed by atoms with Crippen LogP contribution in [0.1, 0.15) is 13.8 Å². The zero-order valence-corrected chi connectivity index (χ0v) is 13.3. The fraction of sp³-hybridized carbons (Fsp3) is 0.562. The van der Waals surface area contributed by atoms with Crippen LogP contribution in [-0.4, -0.2) is 56.7 Å². The van der Waals surface area contributed by atoms with E-state index >= 15 is 0 Å². The molecule has 1 aliphatic heterocycles. The molecule has 1 aromatic rings. The number of para-hydroxylation sites is 2. The van der Waals surface area contributed by atoms with Crippen LogP contribution in [0.25, 0.3) is 0 Å². The fourth-order valence-corrected chi connectivity index (χ4v) is 2.79. The van der Waals surface area contributed by atoms with Crippen molar-refractivity contribution in [1.29, 1.82) is 0 Å². The summed E-state index contributed by atoms with van der Waals surface area (Å²) in [5, 5.41) is 3.32. The van der Waals surface area contributed by atoms with Gasteiger partial charge in [-0.15, -0.1) is 0 Å². The Morgan fingerprint density at radius 1 is 1.29 bits per heavy atom. The summed E-state index contributed by atoms with van der Waals surface area (Å²) in [6, 6.07) is 7.60. The third kappa shape index (κ3) is 3.19. The number of amides is 1. The van der Waals surface area contributed by atoms with Crippen LogP contribution in [0.5, 0.6) is 5.75 Å². The van der Waals surface area contributed by atoms with E-state index in [2.05, 4.69) is 10.2 Å². The summed E-state index contributed by atoms with van der Waals surface area (Å²) < 4.78 is 5.36. The van der Waals surface area contributed by atoms with E-state index in [1.165, 1.54) is 0 Å². The molecule has 0 spiro atoms. The maximum atomic E-state index is 12.9. The van der Waals surface area contributed by atoms with Crippen LogP contribution in [0.4, 0.5) is 5.69 Å². The van der Waals surface area contributed by atoms with Gasteiger partial charge in [0.1, 0.15) is 5.75 Å². The molecule has 1 fully saturated rings. The molecule has 2 rings (SSSR count). The van der Waals surface area contributed by atoms with Gasteiger partial charge in [-0.1, -0.05) is 12.1 Å². The summed E-state index contributed by atoms with van der Waals surface area (Å²) in [7, 11) is 3.43. The number of carbonyl (C=O) groups is 1. The summed E-state index contributed by atoms with van der Waals surface area (Å²) in [4.78, 5) is 16.9. The number of nitrogens with zero attached hydrogens (tertiary/aromatic N) is 2. The van der Waals surface area contributed by atoms with Gasteiger partial charge in [-0.2, -0.15) is 0 Å². The molecule has 0 radical (unpaired) electrons. The van der Waals surface area contributed by atoms with Gasteiger partial charge in [-0.25, -0.2) is 0 Å². The first-order valence-corrected chi connectivity index (χ1v) is 7.35. The third-order valence-corrected chi connectivity index (χ3v) is 4.18. The van der Waals surface area contributed by atoms with E-state index in [1.54, 1.807) is 12.0 Å². The minimum Gasteiger partial charge on any atom is -0.495 e. The Morgan fingerprint density at radius 3 is 2.52 bits per heavy atom. The quantitative estimate of drug-likeness (QED) is 0.909. The van der Waals surface area contributed by atoms with Crippen LogP contribution in [0.3, 0.4) is 0 Å². The molecule has 21 heavy (non-hydrogen) atoms. The maximum absolute atomic E-state index is 12.9. The molecular weight excluding hydrogens is 266 g/mol. The Hall–Kier alpha value is -1.59. The van der Waals surface area contributed by atoms with Crippen molar-refractivity contribution >= 4 is 11.6 Å². The predicted octanol–water partition coefficient (Wildman–Crippen LogP) is 1.34. The lowest BCUT2D eigenvalue weighted by atomic mass is 9.99. The van der Waals surface area contributed by atoms with E-state index in [1.807, 2.05) is 45.2 Å². The van der Waals surface area contributed by atoms with Gasteiger partial charge in [0.25, 0.3) is 0 Å². The number of nitrogens with one attached hydrogen (secondary N) is 1. The van der Waals surface area contributed by atoms with Crippen molar-refractivity contribution in [2.24, 2.45) is 0 Å². The Kier molecular flexibility index (Phi) is 4.85. The van der Waals surface area contributed by atoms with Crippen LogP contribution in [0.2, 0.25) is 0 Å². The highest BCUT2D eigenvalue weighted by atomic mass is 16.5. The van der Waals surface area contributed by atoms with E-state index in [4.69, 9.17) is 4.74 Å². The van der Waals surface area contributed by atoms with E-state index < -0.39 is 5.54 Å². The zero-order valence-electron chi connectivity index (χ0n) is 13.3. The number of anilines is 1. The monoisotopic (exact) mass is 291 g/mol. The Morgan fingerprint density at radius 2 is 1.90 bits per heavy atom. The molecule has 1 saturated heterocycles. The van der Waals surface area contributed by atoms with Crippen LogP contribution >= 0.6 is 0 Å². The minimum atomic E-state index is -0.530. The van der Waals surface area contributed by atoms with Crippen LogP contribution in [-0.2, 0) is 4.79 Å². The van der Waals surface area contributed by atoms with Crippen molar-refractivity contribution in [3.63, 3.8) is 0 Å². The predicted molar refractivity (Wildman–Crippen MR) is 84.9 cm³/mol. The summed E-state index contributed by atoms with van der Waals surface area (Å²) in [6.45, 7) is 7.61. The lowest BCUT2D eigenvalue weighted by Crippen LogP contribution is -2.60. The van der Waals surface area contributed by atoms with Gasteiger partial charge in [-0.05, 0) is 26.0 Å². The summed E-state index contributed by atoms with van der Waals surface area (Å²) in [5.41, 5.74) is 0.269. The molecule has 1 N–H and O–H groups in total. The zero-order chi connectivity index (χ0) is 15.5. The number of likely N-dealkylation sites (N-methyl/N-ethyl adjacent to an activating group) is 1. The minimum absolute atomic E-state index is 0.0777. The molecule has 5 nitrogen and oxygen atoms in total. The summed E-state index contributed by atoms with van der Waals surface area (Å²) in [6.07, 6.45) is 0. The number of rotatable bonds is 4. The van der Waals surface area contributed by atoms with Crippen LogP contribution in [0.15, 0.2) is 24.3 Å². The standard InChI is InChI=1S/C16H25N3O2/c1-16(2,19-11-9-17-10-12-19)15(20)18(3)13-7-5-6-8-14(13)21-4/h5-8,17H,9-12H2,1-4H3. The molecule has 0 bridgehead atoms. The molecule has 0 aliphatic carbocycles. The Labute approximate surface area is 126 Å². The summed E-state index contributed by atoms with van der Waals surface area (Å²) >= 11 is 0. The Bertz CT molecular complexity index is 496. The van der Waals surface area contributed by atoms with E-state index in [-0.39, 0.29) is 5.91 Å². The molecular formula is C16H25N3O2. The first kappa shape index (κ1) is 15.8. The van der Waals surface area contributed by atoms with Gasteiger partial charge in [0, 0.05) is 33.2 Å². The first-order chi connectivity index (χ1) is 9.98. The van der Waals surface area contributed by atoms with Gasteiger partial charge < -0.3 is 15.0 Å². The van der Waals surface area contributed by atoms with Gasteiger partial charge in [-0.3, -0.25) is 9.69 Å². The number of ether oxygens (including phenoxy) is 1. The van der Waals surface area contributed by atoms with Crippen LogP contribution in [0, 0.1) is 0 Å². The van der Waals surface area contributed by atoms with Crippen molar-refractivity contribution in [2.75, 3.05) is 45.2 Å². The highest BCUT2D eigenvalue weighted by Crippen LogP contribution is 2.29. The molecule has 1 aromatic carbocycles. The summed E-state index contributed by atoms with van der Waals surface area (Å²) in [5.74, 6) is 0.790. The topological polar surface area (TPSA) is 44.8 Å². The number of carbonyl (C=O) groups excluding carboxylic acids is 1. The first-order valence-electron chi connectivity index (χ1n) is 7.35. The molecule has 1 heterocycles. The van der Waals surface area contributed by atoms with Crippen LogP contribution < -0.4 is 15.0 Å². The average Bonchev–Trinajstić information content (AvgIpc) is 2.54. The molecule has 116 valence electrons. The molecule has 0 aromatic heterocycles. The lowest BCUT2D eigenvalue weighted by Gasteiger charge is -2.41. The number of piperazine rings is 1. The molecule has 1 aliphatic rings. The van der Waals surface area contributed by atoms with Crippen molar-refractivity contribution in [3.05, 3.63) is 24.3 Å². The van der Waals surface area contributed by atoms with Crippen molar-refractivity contribution in [2.45, 2.75) is 19.4 Å². The smallest absolute Gasteiger partial charge is 0.246 e. The number of methoxy groups -OCH3 is 1. The normalized spacial score (nSPS) is 16.6. The SMILES string of the molecule is COc1ccccc1N(C)C(=O)C(C)(C)N1CCNCC1. The second-order valence-corrected chi connectivity index (χ2v) is 5.83. The van der Waals surface area contributed by atoms with Crippen molar-refractivity contribution in [3.8, 4) is 5.75 Å². The number of hydrogen-bond acceptors (Lipinski definition) is 4. The van der Waals surface area contributed by atoms with Gasteiger partial charge in [0.2, 0.25) is 5.91 Å². The van der Waals surface area contributed by atoms with E-state index in [0.717, 1.165) is 31.9 Å². The van der Waals surface area contributed by atoms with Gasteiger partial charge in [0.15, 0.2) is 0 Å². The third-order valence-electron chi connectivity index (χ3n) is 4.18. The average molecular weight is 291 g/mol. The van der Waals surface area contributed by atoms with E-state index in [0.29, 0.717) is 5.75 Å². The second kappa shape index (κ2) is 6.45. The highest BCUT2D eigenvalue weighted by Gasteiger charge is 2.38. The second-order valence-electron chi connectivity index (χ2n) is 5.83. The lowest BCUT2D eigenvalue weighted by molar-refractivity contribution is -0.129. The largest absolute Gasteiger partial charge is 0.495 e. The maximum Gasteiger partial charge on any atom is 0.246 e. The molecule has 0 unspecified atom stereocenters. The fourth-order valence-electron chi connectivity index (χ4n) is 2.79. The van der Waals surface area contributed by atoms with Gasteiger partial charge in [0.05, 0.1) is 18.3 Å². The molecule has 0 saturated carbocycles. The molecule has 5 heteroatoms. The van der Waals surface area contributed by atoms with Gasteiger partial charge >= 0.3 is 0 Å². The highest BCUT2D eigenvalue weighted by molar-refractivity contribution is 6.00. The number of hydrogen-bond donors (Lipinski definition) is 1. The van der Waals surface area contributed by atoms with Crippen molar-refractivity contribution in [1.82, 2.24) is 10.2 Å². The Balaban J connectivity index is 2.21. The molecule has 0 atom stereocenters.